The number of nitrogens with one attached hydrogen (secondary N) is 1. The molecule has 2 saturated carbocycles. The van der Waals surface area contributed by atoms with E-state index in [2.05, 4.69) is 5.32 Å². The van der Waals surface area contributed by atoms with Crippen molar-refractivity contribution < 1.29 is 33.6 Å². The lowest BCUT2D eigenvalue weighted by atomic mass is 9.81. The van der Waals surface area contributed by atoms with Crippen LogP contribution in [0.5, 0.6) is 5.75 Å². The molecule has 2 aliphatic carbocycles. The van der Waals surface area contributed by atoms with Gasteiger partial charge in [0.05, 0.1) is 23.9 Å². The van der Waals surface area contributed by atoms with Crippen LogP contribution in [0.3, 0.4) is 0 Å². The minimum atomic E-state index is -1.15. The lowest BCUT2D eigenvalue weighted by Crippen LogP contribution is -2.45. The van der Waals surface area contributed by atoms with Crippen LogP contribution in [-0.2, 0) is 23.9 Å². The smallest absolute Gasteiger partial charge is 0.329 e. The molecule has 11 heteroatoms. The predicted octanol–water partition coefficient (Wildman–Crippen LogP) is 1.50. The summed E-state index contributed by atoms with van der Waals surface area (Å²) in [6.45, 7) is 0.664. The van der Waals surface area contributed by atoms with E-state index in [4.69, 9.17) is 9.47 Å². The summed E-state index contributed by atoms with van der Waals surface area (Å²) < 4.78 is 10.00. The number of likely N-dealkylation sites (tertiary alicyclic amines) is 1. The van der Waals surface area contributed by atoms with Crippen molar-refractivity contribution in [3.05, 3.63) is 28.3 Å². The first-order valence-corrected chi connectivity index (χ1v) is 10.4. The molecule has 4 rings (SSSR count). The number of fused-ring (bicyclic) bond motifs is 5. The van der Waals surface area contributed by atoms with E-state index in [0.717, 1.165) is 24.2 Å². The Morgan fingerprint density at radius 3 is 2.41 bits per heavy atom. The van der Waals surface area contributed by atoms with E-state index in [1.807, 2.05) is 0 Å². The number of carbonyl (C=O) groups excluding carboxylic acids is 4. The monoisotopic (exact) mass is 445 g/mol. The summed E-state index contributed by atoms with van der Waals surface area (Å²) in [6, 6.07) is 2.67. The quantitative estimate of drug-likeness (QED) is 0.288. The molecule has 1 aromatic carbocycles. The molecule has 170 valence electrons. The van der Waals surface area contributed by atoms with Gasteiger partial charge in [-0.2, -0.15) is 0 Å². The first kappa shape index (κ1) is 21.7. The van der Waals surface area contributed by atoms with E-state index in [9.17, 15) is 29.3 Å². The van der Waals surface area contributed by atoms with E-state index in [1.54, 1.807) is 0 Å². The maximum absolute atomic E-state index is 12.8. The van der Waals surface area contributed by atoms with Crippen LogP contribution in [0, 0.1) is 33.8 Å². The van der Waals surface area contributed by atoms with Gasteiger partial charge in [-0.15, -0.1) is 0 Å². The maximum atomic E-state index is 12.8. The number of benzene rings is 1. The summed E-state index contributed by atoms with van der Waals surface area (Å²) >= 11 is 0. The third-order valence-corrected chi connectivity index (χ3v) is 6.71. The number of rotatable bonds is 7. The van der Waals surface area contributed by atoms with Crippen molar-refractivity contribution >= 4 is 35.1 Å². The van der Waals surface area contributed by atoms with E-state index in [1.165, 1.54) is 32.2 Å². The number of anilines is 1. The molecule has 5 atom stereocenters. The van der Waals surface area contributed by atoms with Crippen molar-refractivity contribution in [2.24, 2.45) is 23.7 Å². The largest absolute Gasteiger partial charge is 0.497 e. The molecule has 1 N–H and O–H groups in total. The summed E-state index contributed by atoms with van der Waals surface area (Å²) in [5.41, 5.74) is -0.468. The minimum absolute atomic E-state index is 0.114. The molecule has 1 heterocycles. The Bertz CT molecular complexity index is 981. The SMILES string of the molecule is COc1ccc([N+](=O)[O-])c(NC(=O)COC(=O)[C@H](C)N2C(=O)[C@@H]3[C@H]4CC[C@@H](C4)[C@H]3C2=O)c1. The van der Waals surface area contributed by atoms with Gasteiger partial charge in [0.2, 0.25) is 11.8 Å². The zero-order valence-electron chi connectivity index (χ0n) is 17.6. The number of amides is 3. The lowest BCUT2D eigenvalue weighted by Gasteiger charge is -2.23. The number of nitrogens with zero attached hydrogens (tertiary/aromatic N) is 2. The van der Waals surface area contributed by atoms with E-state index >= 15 is 0 Å². The molecule has 0 spiro atoms. The fraction of sp³-hybridized carbons (Fsp3) is 0.524. The van der Waals surface area contributed by atoms with Gasteiger partial charge in [0.15, 0.2) is 6.61 Å². The molecule has 1 saturated heterocycles. The molecule has 0 aromatic heterocycles. The van der Waals surface area contributed by atoms with Crippen LogP contribution in [0.25, 0.3) is 0 Å². The Labute approximate surface area is 183 Å². The summed E-state index contributed by atoms with van der Waals surface area (Å²) in [6.07, 6.45) is 2.73. The molecule has 1 aromatic rings. The average Bonchev–Trinajstić information content (AvgIpc) is 3.45. The van der Waals surface area contributed by atoms with Crippen molar-refractivity contribution in [3.63, 3.8) is 0 Å². The summed E-state index contributed by atoms with van der Waals surface area (Å²) in [4.78, 5) is 61.8. The topological polar surface area (TPSA) is 145 Å². The standard InChI is InChI=1S/C21H23N3O8/c1-10(23-19(26)17-11-3-4-12(7-11)18(17)20(23)27)21(28)32-9-16(25)22-14-8-13(31-2)5-6-15(14)24(29)30/h5-6,8,10-12,17-18H,3-4,7,9H2,1-2H3,(H,22,25)/t10-,11-,12-,17+,18+/m0/s1. The van der Waals surface area contributed by atoms with Gasteiger partial charge < -0.3 is 14.8 Å². The fourth-order valence-corrected chi connectivity index (χ4v) is 5.26. The lowest BCUT2D eigenvalue weighted by molar-refractivity contribution is -0.383. The Morgan fingerprint density at radius 1 is 1.22 bits per heavy atom. The van der Waals surface area contributed by atoms with Gasteiger partial charge in [0, 0.05) is 12.1 Å². The Balaban J connectivity index is 1.37. The van der Waals surface area contributed by atoms with Crippen LogP contribution in [0.2, 0.25) is 0 Å². The minimum Gasteiger partial charge on any atom is -0.497 e. The number of carbonyl (C=O) groups is 4. The van der Waals surface area contributed by atoms with Crippen LogP contribution < -0.4 is 10.1 Å². The van der Waals surface area contributed by atoms with Crippen LogP contribution in [0.1, 0.15) is 26.2 Å². The second-order valence-corrected chi connectivity index (χ2v) is 8.40. The normalized spacial score (nSPS) is 26.6. The molecule has 0 unspecified atom stereocenters. The van der Waals surface area contributed by atoms with Crippen LogP contribution >= 0.6 is 0 Å². The Morgan fingerprint density at radius 2 is 1.84 bits per heavy atom. The van der Waals surface area contributed by atoms with E-state index < -0.39 is 29.4 Å². The van der Waals surface area contributed by atoms with Gasteiger partial charge in [-0.05, 0) is 44.1 Å². The zero-order chi connectivity index (χ0) is 23.2. The third kappa shape index (κ3) is 3.57. The highest BCUT2D eigenvalue weighted by molar-refractivity contribution is 6.08. The number of hydrogen-bond acceptors (Lipinski definition) is 8. The number of methoxy groups -OCH3 is 1. The second kappa shape index (κ2) is 8.21. The molecule has 1 aliphatic heterocycles. The summed E-state index contributed by atoms with van der Waals surface area (Å²) in [7, 11) is 1.37. The second-order valence-electron chi connectivity index (χ2n) is 8.40. The molecular weight excluding hydrogens is 422 g/mol. The van der Waals surface area contributed by atoms with Crippen LogP contribution in [0.15, 0.2) is 18.2 Å². The highest BCUT2D eigenvalue weighted by Gasteiger charge is 2.62. The first-order valence-electron chi connectivity index (χ1n) is 10.4. The Hall–Kier alpha value is -3.50. The number of imide groups is 1. The molecule has 3 fully saturated rings. The molecule has 2 bridgehead atoms. The fourth-order valence-electron chi connectivity index (χ4n) is 5.26. The molecule has 11 nitrogen and oxygen atoms in total. The number of hydrogen-bond donors (Lipinski definition) is 1. The van der Waals surface area contributed by atoms with Gasteiger partial charge in [0.25, 0.3) is 11.6 Å². The van der Waals surface area contributed by atoms with Gasteiger partial charge in [0.1, 0.15) is 17.5 Å². The molecular formula is C21H23N3O8. The average molecular weight is 445 g/mol. The number of nitro groups is 1. The van der Waals surface area contributed by atoms with Crippen molar-refractivity contribution in [1.82, 2.24) is 4.90 Å². The summed E-state index contributed by atoms with van der Waals surface area (Å²) in [5, 5.41) is 13.5. The van der Waals surface area contributed by atoms with Crippen molar-refractivity contribution in [2.75, 3.05) is 19.0 Å². The zero-order valence-corrected chi connectivity index (χ0v) is 17.6. The predicted molar refractivity (Wildman–Crippen MR) is 108 cm³/mol. The summed E-state index contributed by atoms with van der Waals surface area (Å²) in [5.74, 6) is -2.41. The third-order valence-electron chi connectivity index (χ3n) is 6.71. The number of ether oxygens (including phenoxy) is 2. The maximum Gasteiger partial charge on any atom is 0.329 e. The Kier molecular flexibility index (Phi) is 5.57. The molecule has 3 amide bonds. The van der Waals surface area contributed by atoms with Gasteiger partial charge in [-0.3, -0.25) is 29.4 Å². The van der Waals surface area contributed by atoms with Crippen molar-refractivity contribution in [1.29, 1.82) is 0 Å². The van der Waals surface area contributed by atoms with Crippen molar-refractivity contribution in [3.8, 4) is 5.75 Å². The first-order chi connectivity index (χ1) is 15.2. The van der Waals surface area contributed by atoms with E-state index in [0.29, 0.717) is 5.75 Å². The number of esters is 1. The van der Waals surface area contributed by atoms with Gasteiger partial charge >= 0.3 is 5.97 Å². The van der Waals surface area contributed by atoms with Crippen LogP contribution in [-0.4, -0.2) is 53.3 Å². The van der Waals surface area contributed by atoms with Gasteiger partial charge in [-0.1, -0.05) is 0 Å². The van der Waals surface area contributed by atoms with Gasteiger partial charge in [-0.25, -0.2) is 4.79 Å². The van der Waals surface area contributed by atoms with Crippen LogP contribution in [0.4, 0.5) is 11.4 Å². The number of nitro benzene ring substituents is 1. The highest BCUT2D eigenvalue weighted by atomic mass is 16.6. The van der Waals surface area contributed by atoms with E-state index in [-0.39, 0.29) is 46.9 Å². The molecule has 3 aliphatic rings. The van der Waals surface area contributed by atoms with Crippen molar-refractivity contribution in [2.45, 2.75) is 32.2 Å². The molecule has 32 heavy (non-hydrogen) atoms. The highest BCUT2D eigenvalue weighted by Crippen LogP contribution is 2.56. The molecule has 0 radical (unpaired) electrons.